The summed E-state index contributed by atoms with van der Waals surface area (Å²) in [6, 6.07) is 5.69. The van der Waals surface area contributed by atoms with E-state index < -0.39 is 0 Å². The lowest BCUT2D eigenvalue weighted by Gasteiger charge is -1.94. The molecular formula is C10H6N2OS. The van der Waals surface area contributed by atoms with Crippen molar-refractivity contribution in [3.8, 4) is 11.6 Å². The fourth-order valence-electron chi connectivity index (χ4n) is 1.28. The summed E-state index contributed by atoms with van der Waals surface area (Å²) in [7, 11) is 0. The van der Waals surface area contributed by atoms with E-state index in [2.05, 4.69) is 9.97 Å². The van der Waals surface area contributed by atoms with E-state index in [1.165, 1.54) is 0 Å². The predicted molar refractivity (Wildman–Crippen MR) is 55.1 cm³/mol. The Morgan fingerprint density at radius 2 is 2.29 bits per heavy atom. The van der Waals surface area contributed by atoms with Crippen molar-refractivity contribution in [3.05, 3.63) is 36.0 Å². The minimum absolute atomic E-state index is 0.643. The lowest BCUT2D eigenvalue weighted by molar-refractivity contribution is 0.577. The average Bonchev–Trinajstić information content (AvgIpc) is 2.88. The Bertz CT molecular complexity index is 556. The Morgan fingerprint density at radius 1 is 1.29 bits per heavy atom. The van der Waals surface area contributed by atoms with Crippen molar-refractivity contribution in [1.82, 2.24) is 9.97 Å². The minimum Gasteiger partial charge on any atom is -0.461 e. The third-order valence-corrected chi connectivity index (χ3v) is 2.77. The number of nitrogens with zero attached hydrogens (tertiary/aromatic N) is 2. The maximum atomic E-state index is 5.22. The van der Waals surface area contributed by atoms with Crippen LogP contribution in [0.5, 0.6) is 0 Å². The summed E-state index contributed by atoms with van der Waals surface area (Å²) in [5.74, 6) is 1.35. The number of aromatic nitrogens is 2. The van der Waals surface area contributed by atoms with Gasteiger partial charge >= 0.3 is 0 Å². The Kier molecular flexibility index (Phi) is 1.61. The van der Waals surface area contributed by atoms with Gasteiger partial charge in [0.1, 0.15) is 4.83 Å². The fourth-order valence-corrected chi connectivity index (χ4v) is 2.02. The van der Waals surface area contributed by atoms with E-state index in [9.17, 15) is 0 Å². The molecule has 0 aliphatic rings. The van der Waals surface area contributed by atoms with Crippen LogP contribution in [0.4, 0.5) is 0 Å². The molecule has 3 rings (SSSR count). The highest BCUT2D eigenvalue weighted by molar-refractivity contribution is 7.16. The number of fused-ring (bicyclic) bond motifs is 1. The molecule has 0 saturated heterocycles. The predicted octanol–water partition coefficient (Wildman–Crippen LogP) is 2.95. The summed E-state index contributed by atoms with van der Waals surface area (Å²) in [4.78, 5) is 9.61. The van der Waals surface area contributed by atoms with Gasteiger partial charge in [0.15, 0.2) is 11.6 Å². The van der Waals surface area contributed by atoms with Gasteiger partial charge in [-0.15, -0.1) is 11.3 Å². The highest BCUT2D eigenvalue weighted by Gasteiger charge is 2.05. The molecule has 0 aliphatic carbocycles. The van der Waals surface area contributed by atoms with E-state index in [4.69, 9.17) is 4.42 Å². The van der Waals surface area contributed by atoms with Crippen molar-refractivity contribution in [3.63, 3.8) is 0 Å². The second-order valence-electron chi connectivity index (χ2n) is 2.85. The highest BCUT2D eigenvalue weighted by Crippen LogP contribution is 2.21. The zero-order chi connectivity index (χ0) is 9.38. The molecule has 0 spiro atoms. The van der Waals surface area contributed by atoms with Crippen molar-refractivity contribution in [2.24, 2.45) is 0 Å². The lowest BCUT2D eigenvalue weighted by Crippen LogP contribution is -1.84. The zero-order valence-corrected chi connectivity index (χ0v) is 7.99. The van der Waals surface area contributed by atoms with Crippen LogP contribution >= 0.6 is 11.3 Å². The molecule has 4 heteroatoms. The van der Waals surface area contributed by atoms with Crippen LogP contribution in [0, 0.1) is 0 Å². The molecule has 68 valence electrons. The van der Waals surface area contributed by atoms with Gasteiger partial charge in [0.25, 0.3) is 0 Å². The summed E-state index contributed by atoms with van der Waals surface area (Å²) >= 11 is 1.61. The van der Waals surface area contributed by atoms with E-state index in [-0.39, 0.29) is 0 Å². The van der Waals surface area contributed by atoms with Gasteiger partial charge < -0.3 is 4.42 Å². The zero-order valence-electron chi connectivity index (χ0n) is 7.18. The monoisotopic (exact) mass is 202 g/mol. The van der Waals surface area contributed by atoms with Gasteiger partial charge in [-0.25, -0.2) is 9.97 Å². The van der Waals surface area contributed by atoms with Crippen molar-refractivity contribution in [1.29, 1.82) is 0 Å². The third kappa shape index (κ3) is 1.12. The molecule has 0 bridgehead atoms. The smallest absolute Gasteiger partial charge is 0.197 e. The molecule has 14 heavy (non-hydrogen) atoms. The second-order valence-corrected chi connectivity index (χ2v) is 3.75. The van der Waals surface area contributed by atoms with E-state index >= 15 is 0 Å². The number of thiophene rings is 1. The van der Waals surface area contributed by atoms with Gasteiger partial charge in [-0.05, 0) is 23.6 Å². The minimum atomic E-state index is 0.643. The number of rotatable bonds is 1. The SMILES string of the molecule is c1coc(-c2ncc3ccsc3n2)c1. The summed E-state index contributed by atoms with van der Waals surface area (Å²) in [6.45, 7) is 0. The molecule has 0 aromatic carbocycles. The molecule has 0 fully saturated rings. The van der Waals surface area contributed by atoms with E-state index in [1.807, 2.05) is 29.8 Å². The van der Waals surface area contributed by atoms with Gasteiger partial charge in [-0.2, -0.15) is 0 Å². The maximum Gasteiger partial charge on any atom is 0.197 e. The van der Waals surface area contributed by atoms with Crippen molar-refractivity contribution >= 4 is 21.6 Å². The normalized spacial score (nSPS) is 10.9. The Balaban J connectivity index is 2.23. The first-order chi connectivity index (χ1) is 6.93. The number of hydrogen-bond acceptors (Lipinski definition) is 4. The van der Waals surface area contributed by atoms with Crippen LogP contribution < -0.4 is 0 Å². The van der Waals surface area contributed by atoms with Crippen LogP contribution in [0.3, 0.4) is 0 Å². The van der Waals surface area contributed by atoms with Gasteiger partial charge in [0, 0.05) is 11.6 Å². The van der Waals surface area contributed by atoms with E-state index in [0.29, 0.717) is 11.6 Å². The van der Waals surface area contributed by atoms with Crippen LogP contribution in [0.15, 0.2) is 40.5 Å². The molecule has 0 aliphatic heterocycles. The molecule has 3 aromatic rings. The standard InChI is InChI=1S/C10H6N2OS/c1-2-8(13-4-1)9-11-6-7-3-5-14-10(7)12-9/h1-6H. The van der Waals surface area contributed by atoms with Crippen LogP contribution in [-0.2, 0) is 0 Å². The van der Waals surface area contributed by atoms with Crippen molar-refractivity contribution in [2.75, 3.05) is 0 Å². The summed E-state index contributed by atoms with van der Waals surface area (Å²) < 4.78 is 5.22. The van der Waals surface area contributed by atoms with E-state index in [0.717, 1.165) is 10.2 Å². The molecular weight excluding hydrogens is 196 g/mol. The number of hydrogen-bond donors (Lipinski definition) is 0. The summed E-state index contributed by atoms with van der Waals surface area (Å²) in [5, 5.41) is 3.08. The van der Waals surface area contributed by atoms with Crippen LogP contribution in [0.2, 0.25) is 0 Å². The van der Waals surface area contributed by atoms with Gasteiger partial charge in [-0.1, -0.05) is 0 Å². The van der Waals surface area contributed by atoms with Crippen LogP contribution in [0.25, 0.3) is 21.8 Å². The van der Waals surface area contributed by atoms with Crippen LogP contribution in [-0.4, -0.2) is 9.97 Å². The van der Waals surface area contributed by atoms with Crippen molar-refractivity contribution in [2.45, 2.75) is 0 Å². The lowest BCUT2D eigenvalue weighted by atomic mass is 10.4. The largest absolute Gasteiger partial charge is 0.461 e. The van der Waals surface area contributed by atoms with Gasteiger partial charge in [-0.3, -0.25) is 0 Å². The first-order valence-electron chi connectivity index (χ1n) is 4.17. The first kappa shape index (κ1) is 7.70. The topological polar surface area (TPSA) is 38.9 Å². The fraction of sp³-hybridized carbons (Fsp3) is 0. The molecule has 0 saturated carbocycles. The Morgan fingerprint density at radius 3 is 3.14 bits per heavy atom. The maximum absolute atomic E-state index is 5.22. The van der Waals surface area contributed by atoms with Crippen LogP contribution in [0.1, 0.15) is 0 Å². The average molecular weight is 202 g/mol. The third-order valence-electron chi connectivity index (χ3n) is 1.95. The molecule has 3 nitrogen and oxygen atoms in total. The molecule has 0 atom stereocenters. The first-order valence-corrected chi connectivity index (χ1v) is 5.05. The number of furan rings is 1. The van der Waals surface area contributed by atoms with Gasteiger partial charge in [0.05, 0.1) is 6.26 Å². The van der Waals surface area contributed by atoms with E-state index in [1.54, 1.807) is 17.6 Å². The molecule has 0 unspecified atom stereocenters. The quantitative estimate of drug-likeness (QED) is 0.609. The molecule has 0 radical (unpaired) electrons. The summed E-state index contributed by atoms with van der Waals surface area (Å²) in [5.41, 5.74) is 0. The Hall–Kier alpha value is -1.68. The molecule has 0 N–H and O–H groups in total. The molecule has 0 amide bonds. The summed E-state index contributed by atoms with van der Waals surface area (Å²) in [6.07, 6.45) is 3.44. The highest BCUT2D eigenvalue weighted by atomic mass is 32.1. The molecule has 3 aromatic heterocycles. The second kappa shape index (κ2) is 2.92. The van der Waals surface area contributed by atoms with Crippen molar-refractivity contribution < 1.29 is 4.42 Å². The van der Waals surface area contributed by atoms with Gasteiger partial charge in [0.2, 0.25) is 0 Å². The Labute approximate surface area is 84.0 Å². The molecule has 3 heterocycles.